The number of β-amino-alcohol motifs (C(OH)–C–C–N with tert-alkyl or cyclic N) is 1. The molecule has 0 bridgehead atoms. The van der Waals surface area contributed by atoms with E-state index in [9.17, 15) is 5.11 Å². The van der Waals surface area contributed by atoms with Crippen molar-refractivity contribution in [1.29, 1.82) is 0 Å². The van der Waals surface area contributed by atoms with E-state index in [1.807, 2.05) is 24.5 Å². The maximum atomic E-state index is 10.4. The average molecular weight is 235 g/mol. The standard InChI is InChI=1S/C13H21N3O/c1-2-16(9-12-3-6-14-7-4-12)11-13(17)5-8-15-10-13/h3-4,6-7,15,17H,2,5,8-11H2,1H3/t13-/m1/s1. The van der Waals surface area contributed by atoms with Crippen molar-refractivity contribution >= 4 is 0 Å². The van der Waals surface area contributed by atoms with E-state index < -0.39 is 5.60 Å². The quantitative estimate of drug-likeness (QED) is 0.786. The van der Waals surface area contributed by atoms with E-state index in [2.05, 4.69) is 22.1 Å². The summed E-state index contributed by atoms with van der Waals surface area (Å²) in [5.41, 5.74) is 0.694. The van der Waals surface area contributed by atoms with Crippen LogP contribution in [-0.4, -0.2) is 46.8 Å². The van der Waals surface area contributed by atoms with Gasteiger partial charge >= 0.3 is 0 Å². The molecule has 0 amide bonds. The fourth-order valence-electron chi connectivity index (χ4n) is 2.31. The van der Waals surface area contributed by atoms with Gasteiger partial charge in [-0.15, -0.1) is 0 Å². The summed E-state index contributed by atoms with van der Waals surface area (Å²) in [6, 6.07) is 4.05. The van der Waals surface area contributed by atoms with Gasteiger partial charge in [0, 0.05) is 32.0 Å². The summed E-state index contributed by atoms with van der Waals surface area (Å²) >= 11 is 0. The summed E-state index contributed by atoms with van der Waals surface area (Å²) in [7, 11) is 0. The molecule has 2 N–H and O–H groups in total. The number of aliphatic hydroxyl groups is 1. The van der Waals surface area contributed by atoms with Crippen LogP contribution in [0.1, 0.15) is 18.9 Å². The molecule has 1 aliphatic rings. The molecule has 0 aliphatic carbocycles. The van der Waals surface area contributed by atoms with Crippen molar-refractivity contribution in [3.8, 4) is 0 Å². The zero-order valence-corrected chi connectivity index (χ0v) is 10.4. The maximum Gasteiger partial charge on any atom is 0.0909 e. The Morgan fingerprint density at radius 3 is 2.82 bits per heavy atom. The summed E-state index contributed by atoms with van der Waals surface area (Å²) in [6.07, 6.45) is 4.48. The lowest BCUT2D eigenvalue weighted by atomic mass is 10.0. The van der Waals surface area contributed by atoms with Crippen molar-refractivity contribution in [2.75, 3.05) is 26.2 Å². The summed E-state index contributed by atoms with van der Waals surface area (Å²) < 4.78 is 0. The largest absolute Gasteiger partial charge is 0.387 e. The summed E-state index contributed by atoms with van der Waals surface area (Å²) in [4.78, 5) is 6.30. The SMILES string of the molecule is CCN(Cc1ccncc1)C[C@@]1(O)CCNC1. The minimum absolute atomic E-state index is 0.553. The second-order valence-electron chi connectivity index (χ2n) is 4.81. The summed E-state index contributed by atoms with van der Waals surface area (Å²) in [5.74, 6) is 0. The number of nitrogens with one attached hydrogen (secondary N) is 1. The second kappa shape index (κ2) is 5.58. The molecule has 2 rings (SSSR count). The van der Waals surface area contributed by atoms with Crippen LogP contribution in [0, 0.1) is 0 Å². The summed E-state index contributed by atoms with van der Waals surface area (Å²) in [6.45, 7) is 6.32. The van der Waals surface area contributed by atoms with E-state index >= 15 is 0 Å². The first-order chi connectivity index (χ1) is 8.22. The molecule has 1 aromatic rings. The molecular formula is C13H21N3O. The third kappa shape index (κ3) is 3.49. The lowest BCUT2D eigenvalue weighted by Crippen LogP contribution is -2.44. The molecule has 0 saturated carbocycles. The lowest BCUT2D eigenvalue weighted by molar-refractivity contribution is 0.0199. The topological polar surface area (TPSA) is 48.4 Å². The molecule has 0 spiro atoms. The highest BCUT2D eigenvalue weighted by atomic mass is 16.3. The van der Waals surface area contributed by atoms with Gasteiger partial charge in [0.1, 0.15) is 0 Å². The Morgan fingerprint density at radius 1 is 1.47 bits per heavy atom. The number of hydrogen-bond donors (Lipinski definition) is 2. The van der Waals surface area contributed by atoms with Gasteiger partial charge in [0.05, 0.1) is 5.60 Å². The Balaban J connectivity index is 1.93. The number of aromatic nitrogens is 1. The molecule has 17 heavy (non-hydrogen) atoms. The number of nitrogens with zero attached hydrogens (tertiary/aromatic N) is 2. The van der Waals surface area contributed by atoms with Gasteiger partial charge in [-0.3, -0.25) is 9.88 Å². The average Bonchev–Trinajstić information content (AvgIpc) is 2.76. The van der Waals surface area contributed by atoms with Gasteiger partial charge < -0.3 is 10.4 Å². The number of pyridine rings is 1. The molecule has 4 heteroatoms. The van der Waals surface area contributed by atoms with Crippen molar-refractivity contribution < 1.29 is 5.11 Å². The van der Waals surface area contributed by atoms with Crippen LogP contribution in [0.4, 0.5) is 0 Å². The fourth-order valence-corrected chi connectivity index (χ4v) is 2.31. The van der Waals surface area contributed by atoms with E-state index in [0.717, 1.165) is 32.6 Å². The van der Waals surface area contributed by atoms with Crippen LogP contribution < -0.4 is 5.32 Å². The van der Waals surface area contributed by atoms with Crippen LogP contribution in [0.5, 0.6) is 0 Å². The maximum absolute atomic E-state index is 10.4. The Hall–Kier alpha value is -0.970. The highest BCUT2D eigenvalue weighted by Gasteiger charge is 2.32. The minimum Gasteiger partial charge on any atom is -0.387 e. The highest BCUT2D eigenvalue weighted by molar-refractivity contribution is 5.09. The molecule has 1 aliphatic heterocycles. The first-order valence-electron chi connectivity index (χ1n) is 6.26. The molecule has 4 nitrogen and oxygen atoms in total. The first kappa shape index (κ1) is 12.5. The van der Waals surface area contributed by atoms with Gasteiger partial charge in [-0.25, -0.2) is 0 Å². The molecule has 0 radical (unpaired) electrons. The normalized spacial score (nSPS) is 24.4. The second-order valence-corrected chi connectivity index (χ2v) is 4.81. The molecule has 1 saturated heterocycles. The van der Waals surface area contributed by atoms with Crippen molar-refractivity contribution in [2.24, 2.45) is 0 Å². The van der Waals surface area contributed by atoms with Gasteiger partial charge in [0.15, 0.2) is 0 Å². The Bertz CT molecular complexity index is 336. The van der Waals surface area contributed by atoms with Crippen LogP contribution in [0.2, 0.25) is 0 Å². The van der Waals surface area contributed by atoms with Crippen molar-refractivity contribution in [3.63, 3.8) is 0 Å². The van der Waals surface area contributed by atoms with Gasteiger partial charge in [-0.05, 0) is 37.2 Å². The molecule has 2 heterocycles. The molecule has 1 fully saturated rings. The summed E-state index contributed by atoms with van der Waals surface area (Å²) in [5, 5.41) is 13.6. The van der Waals surface area contributed by atoms with Crippen LogP contribution >= 0.6 is 0 Å². The monoisotopic (exact) mass is 235 g/mol. The van der Waals surface area contributed by atoms with E-state index in [4.69, 9.17) is 0 Å². The molecule has 1 atom stereocenters. The molecular weight excluding hydrogens is 214 g/mol. The predicted octanol–water partition coefficient (Wildman–Crippen LogP) is 0.628. The zero-order chi connectivity index (χ0) is 12.1. The van der Waals surface area contributed by atoms with Crippen LogP contribution in [0.3, 0.4) is 0 Å². The van der Waals surface area contributed by atoms with Gasteiger partial charge in [-0.1, -0.05) is 6.92 Å². The van der Waals surface area contributed by atoms with Crippen molar-refractivity contribution in [3.05, 3.63) is 30.1 Å². The van der Waals surface area contributed by atoms with E-state index in [0.29, 0.717) is 6.54 Å². The molecule has 1 aromatic heterocycles. The van der Waals surface area contributed by atoms with Crippen LogP contribution in [-0.2, 0) is 6.54 Å². The number of hydrogen-bond acceptors (Lipinski definition) is 4. The fraction of sp³-hybridized carbons (Fsp3) is 0.615. The Labute approximate surface area is 103 Å². The van der Waals surface area contributed by atoms with E-state index in [1.54, 1.807) is 0 Å². The molecule has 0 aromatic carbocycles. The third-order valence-electron chi connectivity index (χ3n) is 3.34. The lowest BCUT2D eigenvalue weighted by Gasteiger charge is -2.30. The highest BCUT2D eigenvalue weighted by Crippen LogP contribution is 2.17. The predicted molar refractivity (Wildman–Crippen MR) is 67.6 cm³/mol. The zero-order valence-electron chi connectivity index (χ0n) is 10.4. The Kier molecular flexibility index (Phi) is 4.10. The van der Waals surface area contributed by atoms with Gasteiger partial charge in [0.2, 0.25) is 0 Å². The van der Waals surface area contributed by atoms with Crippen LogP contribution in [0.15, 0.2) is 24.5 Å². The smallest absolute Gasteiger partial charge is 0.0909 e. The first-order valence-corrected chi connectivity index (χ1v) is 6.26. The van der Waals surface area contributed by atoms with Gasteiger partial charge in [-0.2, -0.15) is 0 Å². The van der Waals surface area contributed by atoms with Crippen molar-refractivity contribution in [2.45, 2.75) is 25.5 Å². The van der Waals surface area contributed by atoms with Gasteiger partial charge in [0.25, 0.3) is 0 Å². The Morgan fingerprint density at radius 2 is 2.24 bits per heavy atom. The molecule has 94 valence electrons. The van der Waals surface area contributed by atoms with E-state index in [1.165, 1.54) is 5.56 Å². The number of likely N-dealkylation sites (N-methyl/N-ethyl adjacent to an activating group) is 1. The van der Waals surface area contributed by atoms with Crippen molar-refractivity contribution in [1.82, 2.24) is 15.2 Å². The number of rotatable bonds is 5. The minimum atomic E-state index is -0.553. The van der Waals surface area contributed by atoms with Crippen LogP contribution in [0.25, 0.3) is 0 Å². The van der Waals surface area contributed by atoms with E-state index in [-0.39, 0.29) is 0 Å². The molecule has 0 unspecified atom stereocenters. The third-order valence-corrected chi connectivity index (χ3v) is 3.34.